The van der Waals surface area contributed by atoms with E-state index in [-0.39, 0.29) is 17.7 Å². The maximum atomic E-state index is 12.6. The molecule has 1 aliphatic carbocycles. The van der Waals surface area contributed by atoms with Gasteiger partial charge < -0.3 is 16.0 Å². The molecule has 1 saturated carbocycles. The summed E-state index contributed by atoms with van der Waals surface area (Å²) in [4.78, 5) is 36.3. The summed E-state index contributed by atoms with van der Waals surface area (Å²) >= 11 is 0. The summed E-state index contributed by atoms with van der Waals surface area (Å²) in [6, 6.07) is 14.6. The summed E-state index contributed by atoms with van der Waals surface area (Å²) in [5, 5.41) is 8.36. The van der Waals surface area contributed by atoms with E-state index in [1.54, 1.807) is 24.3 Å². The molecule has 0 saturated heterocycles. The molecule has 140 valence electrons. The van der Waals surface area contributed by atoms with Gasteiger partial charge in [-0.15, -0.1) is 0 Å². The number of rotatable bonds is 6. The zero-order valence-electron chi connectivity index (χ0n) is 15.5. The number of carbonyl (C=O) groups excluding carboxylic acids is 3. The predicted molar refractivity (Wildman–Crippen MR) is 104 cm³/mol. The van der Waals surface area contributed by atoms with Gasteiger partial charge in [-0.25, -0.2) is 0 Å². The van der Waals surface area contributed by atoms with Crippen LogP contribution >= 0.6 is 0 Å². The first-order valence-corrected chi connectivity index (χ1v) is 8.93. The van der Waals surface area contributed by atoms with Crippen molar-refractivity contribution in [2.45, 2.75) is 33.2 Å². The molecule has 0 unspecified atom stereocenters. The van der Waals surface area contributed by atoms with Crippen LogP contribution in [0.5, 0.6) is 0 Å². The number of nitrogens with one attached hydrogen (secondary N) is 3. The van der Waals surface area contributed by atoms with Gasteiger partial charge in [-0.2, -0.15) is 0 Å². The van der Waals surface area contributed by atoms with Crippen LogP contribution in [0.4, 0.5) is 11.4 Å². The fraction of sp³-hybridized carbons (Fsp3) is 0.286. The van der Waals surface area contributed by atoms with Gasteiger partial charge in [0, 0.05) is 24.8 Å². The van der Waals surface area contributed by atoms with Crippen molar-refractivity contribution in [1.29, 1.82) is 0 Å². The molecule has 6 nitrogen and oxygen atoms in total. The molecule has 0 atom stereocenters. The first kappa shape index (κ1) is 18.6. The molecule has 0 aromatic heterocycles. The van der Waals surface area contributed by atoms with Crippen LogP contribution in [0.2, 0.25) is 0 Å². The molecule has 3 amide bonds. The second kappa shape index (κ2) is 7.61. The third-order valence-corrected chi connectivity index (χ3v) is 4.78. The van der Waals surface area contributed by atoms with E-state index in [0.717, 1.165) is 11.1 Å². The molecule has 0 radical (unpaired) electrons. The number of amides is 3. The fourth-order valence-electron chi connectivity index (χ4n) is 2.93. The van der Waals surface area contributed by atoms with Crippen molar-refractivity contribution in [1.82, 2.24) is 5.32 Å². The summed E-state index contributed by atoms with van der Waals surface area (Å²) in [5.41, 5.74) is 2.39. The van der Waals surface area contributed by atoms with Crippen LogP contribution in [0.3, 0.4) is 0 Å². The average molecular weight is 365 g/mol. The normalized spacial score (nSPS) is 14.1. The van der Waals surface area contributed by atoms with E-state index >= 15 is 0 Å². The van der Waals surface area contributed by atoms with E-state index in [1.165, 1.54) is 6.92 Å². The maximum Gasteiger partial charge on any atom is 0.240 e. The predicted octanol–water partition coefficient (Wildman–Crippen LogP) is 2.99. The molecule has 3 rings (SSSR count). The zero-order chi connectivity index (χ0) is 19.4. The molecule has 2 aromatic rings. The minimum Gasteiger partial charge on any atom is -0.351 e. The lowest BCUT2D eigenvalue weighted by molar-refractivity contribution is -0.134. The number of anilines is 2. The Kier molecular flexibility index (Phi) is 5.26. The van der Waals surface area contributed by atoms with Gasteiger partial charge >= 0.3 is 0 Å². The average Bonchev–Trinajstić information content (AvgIpc) is 3.44. The summed E-state index contributed by atoms with van der Waals surface area (Å²) in [6.07, 6.45) is 1.09. The molecule has 0 spiro atoms. The van der Waals surface area contributed by atoms with Gasteiger partial charge in [0.15, 0.2) is 0 Å². The number of aryl methyl sites for hydroxylation is 1. The molecule has 2 aromatic carbocycles. The molecule has 1 aliphatic rings. The van der Waals surface area contributed by atoms with Gasteiger partial charge in [0.25, 0.3) is 0 Å². The van der Waals surface area contributed by atoms with Crippen molar-refractivity contribution in [3.8, 4) is 0 Å². The Morgan fingerprint density at radius 3 is 2.04 bits per heavy atom. The Labute approximate surface area is 158 Å². The monoisotopic (exact) mass is 365 g/mol. The fourth-order valence-corrected chi connectivity index (χ4v) is 2.93. The van der Waals surface area contributed by atoms with Crippen molar-refractivity contribution in [2.24, 2.45) is 5.41 Å². The Hall–Kier alpha value is -3.15. The lowest BCUT2D eigenvalue weighted by Gasteiger charge is -2.16. The van der Waals surface area contributed by atoms with Crippen LogP contribution in [0.15, 0.2) is 48.5 Å². The van der Waals surface area contributed by atoms with Crippen molar-refractivity contribution in [3.63, 3.8) is 0 Å². The third-order valence-electron chi connectivity index (χ3n) is 4.78. The van der Waals surface area contributed by atoms with Gasteiger partial charge in [-0.3, -0.25) is 14.4 Å². The SMILES string of the molecule is CC(=O)Nc1ccc(NC(=O)C2(C(=O)NCc3ccccc3C)CC2)cc1. The lowest BCUT2D eigenvalue weighted by atomic mass is 10.0. The van der Waals surface area contributed by atoms with Crippen LogP contribution in [0.25, 0.3) is 0 Å². The number of benzene rings is 2. The van der Waals surface area contributed by atoms with E-state index in [2.05, 4.69) is 16.0 Å². The Bertz CT molecular complexity index is 870. The molecule has 1 fully saturated rings. The minimum atomic E-state index is -0.987. The summed E-state index contributed by atoms with van der Waals surface area (Å²) in [6.45, 7) is 3.83. The van der Waals surface area contributed by atoms with Crippen molar-refractivity contribution < 1.29 is 14.4 Å². The summed E-state index contributed by atoms with van der Waals surface area (Å²) < 4.78 is 0. The van der Waals surface area contributed by atoms with Gasteiger partial charge in [0.05, 0.1) is 0 Å². The standard InChI is InChI=1S/C21H23N3O3/c1-14-5-3-4-6-16(14)13-22-19(26)21(11-12-21)20(27)24-18-9-7-17(8-10-18)23-15(2)25/h3-10H,11-13H2,1-2H3,(H,22,26)(H,23,25)(H,24,27). The molecule has 6 heteroatoms. The Morgan fingerprint density at radius 1 is 0.889 bits per heavy atom. The van der Waals surface area contributed by atoms with E-state index in [4.69, 9.17) is 0 Å². The Morgan fingerprint density at radius 2 is 1.48 bits per heavy atom. The van der Waals surface area contributed by atoms with Crippen molar-refractivity contribution in [3.05, 3.63) is 59.7 Å². The van der Waals surface area contributed by atoms with Gasteiger partial charge in [-0.05, 0) is 55.2 Å². The molecule has 0 bridgehead atoms. The smallest absolute Gasteiger partial charge is 0.240 e. The highest BCUT2D eigenvalue weighted by Crippen LogP contribution is 2.47. The summed E-state index contributed by atoms with van der Waals surface area (Å²) in [7, 11) is 0. The zero-order valence-corrected chi connectivity index (χ0v) is 15.5. The van der Waals surface area contributed by atoms with Crippen LogP contribution < -0.4 is 16.0 Å². The summed E-state index contributed by atoms with van der Waals surface area (Å²) in [5.74, 6) is -0.691. The quantitative estimate of drug-likeness (QED) is 0.688. The molecule has 0 aliphatic heterocycles. The van der Waals surface area contributed by atoms with Crippen molar-refractivity contribution in [2.75, 3.05) is 10.6 Å². The van der Waals surface area contributed by atoms with Crippen molar-refractivity contribution >= 4 is 29.1 Å². The largest absolute Gasteiger partial charge is 0.351 e. The van der Waals surface area contributed by atoms with Gasteiger partial charge in [0.1, 0.15) is 5.41 Å². The molecular weight excluding hydrogens is 342 g/mol. The number of carbonyl (C=O) groups is 3. The van der Waals surface area contributed by atoms with E-state index < -0.39 is 5.41 Å². The van der Waals surface area contributed by atoms with Crippen LogP contribution in [0.1, 0.15) is 30.9 Å². The maximum absolute atomic E-state index is 12.6. The lowest BCUT2D eigenvalue weighted by Crippen LogP contribution is -2.39. The second-order valence-electron chi connectivity index (χ2n) is 6.90. The highest BCUT2D eigenvalue weighted by atomic mass is 16.2. The van der Waals surface area contributed by atoms with E-state index in [1.807, 2.05) is 31.2 Å². The van der Waals surface area contributed by atoms with Gasteiger partial charge in [0.2, 0.25) is 17.7 Å². The molecule has 27 heavy (non-hydrogen) atoms. The molecule has 3 N–H and O–H groups in total. The number of hydrogen-bond donors (Lipinski definition) is 3. The second-order valence-corrected chi connectivity index (χ2v) is 6.90. The van der Waals surface area contributed by atoms with E-state index in [9.17, 15) is 14.4 Å². The van der Waals surface area contributed by atoms with Crippen LogP contribution in [0, 0.1) is 12.3 Å². The topological polar surface area (TPSA) is 87.3 Å². The van der Waals surface area contributed by atoms with E-state index in [0.29, 0.717) is 30.8 Å². The van der Waals surface area contributed by atoms with Gasteiger partial charge in [-0.1, -0.05) is 24.3 Å². The number of hydrogen-bond acceptors (Lipinski definition) is 3. The minimum absolute atomic E-state index is 0.158. The highest BCUT2D eigenvalue weighted by molar-refractivity contribution is 6.13. The highest BCUT2D eigenvalue weighted by Gasteiger charge is 2.56. The molecule has 0 heterocycles. The Balaban J connectivity index is 1.59. The molecular formula is C21H23N3O3. The first-order chi connectivity index (χ1) is 12.9. The van der Waals surface area contributed by atoms with Crippen LogP contribution in [-0.2, 0) is 20.9 Å². The third kappa shape index (κ3) is 4.34. The van der Waals surface area contributed by atoms with Crippen LogP contribution in [-0.4, -0.2) is 17.7 Å². The first-order valence-electron chi connectivity index (χ1n) is 8.93.